The van der Waals surface area contributed by atoms with Crippen LogP contribution in [0.3, 0.4) is 0 Å². The fraction of sp³-hybridized carbons (Fsp3) is 0.368. The van der Waals surface area contributed by atoms with E-state index in [1.165, 1.54) is 28.6 Å². The van der Waals surface area contributed by atoms with Crippen LogP contribution in [0.2, 0.25) is 0 Å². The number of nitrogens with one attached hydrogen (secondary N) is 1. The molecule has 0 spiro atoms. The van der Waals surface area contributed by atoms with Gasteiger partial charge in [-0.2, -0.15) is 4.31 Å². The first-order valence-electron chi connectivity index (χ1n) is 8.84. The third kappa shape index (κ3) is 4.88. The first kappa shape index (κ1) is 21.4. The average molecular weight is 411 g/mol. The van der Waals surface area contributed by atoms with Crippen molar-refractivity contribution in [3.05, 3.63) is 54.1 Å². The third-order valence-corrected chi connectivity index (χ3v) is 7.74. The number of hydrogen-bond donors (Lipinski definition) is 1. The summed E-state index contributed by atoms with van der Waals surface area (Å²) in [6.45, 7) is 8.29. The minimum absolute atomic E-state index is 0.0101. The van der Waals surface area contributed by atoms with E-state index in [0.29, 0.717) is 18.8 Å². The monoisotopic (exact) mass is 410 g/mol. The molecule has 0 heterocycles. The van der Waals surface area contributed by atoms with Gasteiger partial charge in [0.15, 0.2) is 0 Å². The Balaban J connectivity index is 2.29. The van der Waals surface area contributed by atoms with E-state index in [2.05, 4.69) is 4.72 Å². The second-order valence-electron chi connectivity index (χ2n) is 6.45. The molecule has 6 nitrogen and oxygen atoms in total. The van der Waals surface area contributed by atoms with Crippen LogP contribution in [0.25, 0.3) is 0 Å². The number of hydrogen-bond acceptors (Lipinski definition) is 4. The molecule has 0 bridgehead atoms. The van der Waals surface area contributed by atoms with Crippen molar-refractivity contribution in [2.75, 3.05) is 17.8 Å². The van der Waals surface area contributed by atoms with E-state index in [1.54, 1.807) is 32.0 Å². The summed E-state index contributed by atoms with van der Waals surface area (Å²) in [5.41, 5.74) is 1.50. The van der Waals surface area contributed by atoms with Gasteiger partial charge >= 0.3 is 0 Å². The van der Waals surface area contributed by atoms with E-state index in [1.807, 2.05) is 19.9 Å². The second kappa shape index (κ2) is 8.41. The summed E-state index contributed by atoms with van der Waals surface area (Å²) in [5, 5.41) is 0. The number of nitrogens with zero attached hydrogens (tertiary/aromatic N) is 1. The topological polar surface area (TPSA) is 83.6 Å². The molecule has 0 amide bonds. The highest BCUT2D eigenvalue weighted by Crippen LogP contribution is 2.23. The molecule has 2 aromatic carbocycles. The van der Waals surface area contributed by atoms with Crippen LogP contribution < -0.4 is 4.72 Å². The molecule has 8 heteroatoms. The lowest BCUT2D eigenvalue weighted by molar-refractivity contribution is 0.445. The van der Waals surface area contributed by atoms with Crippen LogP contribution >= 0.6 is 0 Å². The Morgan fingerprint density at radius 1 is 0.889 bits per heavy atom. The van der Waals surface area contributed by atoms with E-state index in [0.717, 1.165) is 5.56 Å². The Bertz CT molecular complexity index is 979. The summed E-state index contributed by atoms with van der Waals surface area (Å²) in [6, 6.07) is 12.5. The zero-order chi connectivity index (χ0) is 20.2. The Kier molecular flexibility index (Phi) is 6.67. The summed E-state index contributed by atoms with van der Waals surface area (Å²) in [6.07, 6.45) is 0. The van der Waals surface area contributed by atoms with Gasteiger partial charge in [0.05, 0.1) is 9.79 Å². The van der Waals surface area contributed by atoms with Crippen molar-refractivity contribution in [2.24, 2.45) is 0 Å². The Morgan fingerprint density at radius 2 is 1.44 bits per heavy atom. The number of sulfonamides is 2. The number of rotatable bonds is 8. The zero-order valence-corrected chi connectivity index (χ0v) is 17.6. The van der Waals surface area contributed by atoms with Crippen molar-refractivity contribution in [3.8, 4) is 0 Å². The molecular weight excluding hydrogens is 384 g/mol. The molecular formula is C19H26N2O4S2. The van der Waals surface area contributed by atoms with Crippen LogP contribution in [0.15, 0.2) is 58.3 Å². The van der Waals surface area contributed by atoms with E-state index in [9.17, 15) is 16.8 Å². The largest absolute Gasteiger partial charge is 0.280 e. The summed E-state index contributed by atoms with van der Waals surface area (Å²) in [5.74, 6) is 0.277. The summed E-state index contributed by atoms with van der Waals surface area (Å²) < 4.78 is 54.1. The molecule has 0 saturated carbocycles. The highest BCUT2D eigenvalue weighted by atomic mass is 32.2. The van der Waals surface area contributed by atoms with Gasteiger partial charge in [-0.05, 0) is 47.9 Å². The first-order chi connectivity index (χ1) is 12.6. The molecule has 0 radical (unpaired) electrons. The maximum absolute atomic E-state index is 12.6. The molecule has 27 heavy (non-hydrogen) atoms. The molecule has 148 valence electrons. The summed E-state index contributed by atoms with van der Waals surface area (Å²) in [7, 11) is -7.43. The van der Waals surface area contributed by atoms with E-state index >= 15 is 0 Å². The summed E-state index contributed by atoms with van der Waals surface area (Å²) >= 11 is 0. The minimum atomic E-state index is -3.81. The van der Waals surface area contributed by atoms with Crippen molar-refractivity contribution in [3.63, 3.8) is 0 Å². The predicted molar refractivity (Wildman–Crippen MR) is 108 cm³/mol. The number of anilines is 1. The standard InChI is InChI=1S/C19H26N2O4S2/c1-5-21(6-2)27(24,25)19-12-10-18(11-13-19)26(22,23)20-17-9-7-8-16(14-17)15(3)4/h7-15,20H,5-6H2,1-4H3. The molecule has 0 atom stereocenters. The van der Waals surface area contributed by atoms with Crippen LogP contribution in [-0.4, -0.2) is 34.2 Å². The van der Waals surface area contributed by atoms with Crippen molar-refractivity contribution in [1.29, 1.82) is 0 Å². The van der Waals surface area contributed by atoms with Crippen molar-refractivity contribution in [1.82, 2.24) is 4.31 Å². The van der Waals surface area contributed by atoms with Crippen LogP contribution in [-0.2, 0) is 20.0 Å². The van der Waals surface area contributed by atoms with Crippen LogP contribution in [0.4, 0.5) is 5.69 Å². The molecule has 2 aromatic rings. The minimum Gasteiger partial charge on any atom is -0.280 e. The quantitative estimate of drug-likeness (QED) is 0.720. The fourth-order valence-corrected chi connectivity index (χ4v) is 5.19. The molecule has 0 aromatic heterocycles. The molecule has 0 saturated heterocycles. The van der Waals surface area contributed by atoms with Gasteiger partial charge in [0, 0.05) is 18.8 Å². The molecule has 0 aliphatic carbocycles. The van der Waals surface area contributed by atoms with Crippen molar-refractivity contribution in [2.45, 2.75) is 43.4 Å². The molecule has 0 aliphatic rings. The van der Waals surface area contributed by atoms with Gasteiger partial charge in [-0.25, -0.2) is 16.8 Å². The van der Waals surface area contributed by atoms with E-state index < -0.39 is 20.0 Å². The van der Waals surface area contributed by atoms with Gasteiger partial charge in [0.25, 0.3) is 10.0 Å². The van der Waals surface area contributed by atoms with Crippen LogP contribution in [0.5, 0.6) is 0 Å². The van der Waals surface area contributed by atoms with Crippen LogP contribution in [0, 0.1) is 0 Å². The lowest BCUT2D eigenvalue weighted by Crippen LogP contribution is -2.30. The Morgan fingerprint density at radius 3 is 1.96 bits per heavy atom. The van der Waals surface area contributed by atoms with Gasteiger partial charge < -0.3 is 0 Å². The molecule has 0 aliphatic heterocycles. The highest BCUT2D eigenvalue weighted by Gasteiger charge is 2.22. The zero-order valence-electron chi connectivity index (χ0n) is 16.0. The Hall–Kier alpha value is -1.90. The fourth-order valence-electron chi connectivity index (χ4n) is 2.68. The third-order valence-electron chi connectivity index (χ3n) is 4.28. The first-order valence-corrected chi connectivity index (χ1v) is 11.8. The van der Waals surface area contributed by atoms with Gasteiger partial charge in [-0.15, -0.1) is 0 Å². The van der Waals surface area contributed by atoms with Crippen molar-refractivity contribution < 1.29 is 16.8 Å². The molecule has 1 N–H and O–H groups in total. The lowest BCUT2D eigenvalue weighted by Gasteiger charge is -2.18. The number of benzene rings is 2. The lowest BCUT2D eigenvalue weighted by atomic mass is 10.0. The van der Waals surface area contributed by atoms with E-state index in [-0.39, 0.29) is 15.7 Å². The second-order valence-corrected chi connectivity index (χ2v) is 10.1. The normalized spacial score (nSPS) is 12.5. The van der Waals surface area contributed by atoms with Gasteiger partial charge in [-0.1, -0.05) is 39.8 Å². The van der Waals surface area contributed by atoms with Crippen LogP contribution in [0.1, 0.15) is 39.2 Å². The molecule has 0 fully saturated rings. The maximum Gasteiger partial charge on any atom is 0.261 e. The summed E-state index contributed by atoms with van der Waals surface area (Å²) in [4.78, 5) is 0.0860. The van der Waals surface area contributed by atoms with Gasteiger partial charge in [0.2, 0.25) is 10.0 Å². The van der Waals surface area contributed by atoms with Crippen molar-refractivity contribution >= 4 is 25.7 Å². The van der Waals surface area contributed by atoms with Gasteiger partial charge in [-0.3, -0.25) is 4.72 Å². The Labute approximate surface area is 162 Å². The predicted octanol–water partition coefficient (Wildman–Crippen LogP) is 3.64. The van der Waals surface area contributed by atoms with E-state index in [4.69, 9.17) is 0 Å². The van der Waals surface area contributed by atoms with Gasteiger partial charge in [0.1, 0.15) is 0 Å². The maximum atomic E-state index is 12.6. The SMILES string of the molecule is CCN(CC)S(=O)(=O)c1ccc(S(=O)(=O)Nc2cccc(C(C)C)c2)cc1. The smallest absolute Gasteiger partial charge is 0.261 e. The highest BCUT2D eigenvalue weighted by molar-refractivity contribution is 7.92. The molecule has 2 rings (SSSR count). The molecule has 0 unspecified atom stereocenters. The average Bonchev–Trinajstić information content (AvgIpc) is 2.62.